The second kappa shape index (κ2) is 8.44. The second-order valence-electron chi connectivity index (χ2n) is 4.83. The number of ether oxygens (including phenoxy) is 3. The molecule has 0 bridgehead atoms. The zero-order valence-electron chi connectivity index (χ0n) is 11.2. The van der Waals surface area contributed by atoms with Gasteiger partial charge in [0.2, 0.25) is 0 Å². The molecule has 0 heterocycles. The first-order chi connectivity index (χ1) is 7.71. The predicted molar refractivity (Wildman–Crippen MR) is 71.4 cm³/mol. The van der Waals surface area contributed by atoms with Crippen molar-refractivity contribution in [1.82, 2.24) is 0 Å². The Hall–Kier alpha value is 0.340. The van der Waals surface area contributed by atoms with Gasteiger partial charge >= 0.3 is 0 Å². The van der Waals surface area contributed by atoms with Crippen LogP contribution in [-0.4, -0.2) is 65.8 Å². The highest BCUT2D eigenvalue weighted by molar-refractivity contribution is 7.62. The third-order valence-electron chi connectivity index (χ3n) is 1.55. The summed E-state index contributed by atoms with van der Waals surface area (Å²) in [7, 11) is -4.17. The molecule has 0 aromatic rings. The van der Waals surface area contributed by atoms with E-state index in [-0.39, 0.29) is 0 Å². The molecular formula is C10H24O5P2. The smallest absolute Gasteiger partial charge is 0.106 e. The molecule has 17 heavy (non-hydrogen) atoms. The molecule has 0 spiro atoms. The summed E-state index contributed by atoms with van der Waals surface area (Å²) < 4.78 is 38.1. The summed E-state index contributed by atoms with van der Waals surface area (Å²) in [6.07, 6.45) is 0.587. The molecule has 5 nitrogen and oxygen atoms in total. The van der Waals surface area contributed by atoms with E-state index in [0.717, 1.165) is 0 Å². The van der Waals surface area contributed by atoms with E-state index in [1.807, 2.05) is 0 Å². The van der Waals surface area contributed by atoms with E-state index >= 15 is 0 Å². The predicted octanol–water partition coefficient (Wildman–Crippen LogP) is 2.20. The Labute approximate surface area is 104 Å². The van der Waals surface area contributed by atoms with Gasteiger partial charge in [-0.15, -0.1) is 0 Å². The van der Waals surface area contributed by atoms with Crippen LogP contribution in [0.25, 0.3) is 0 Å². The van der Waals surface area contributed by atoms with Crippen molar-refractivity contribution in [1.29, 1.82) is 0 Å². The fourth-order valence-electron chi connectivity index (χ4n) is 0.907. The lowest BCUT2D eigenvalue weighted by Crippen LogP contribution is -2.10. The molecular weight excluding hydrogens is 262 g/mol. The Bertz CT molecular complexity index is 252. The van der Waals surface area contributed by atoms with Crippen LogP contribution in [0.3, 0.4) is 0 Å². The fraction of sp³-hybridized carbons (Fsp3) is 1.00. The van der Waals surface area contributed by atoms with Gasteiger partial charge in [-0.1, -0.05) is 0 Å². The monoisotopic (exact) mass is 286 g/mol. The van der Waals surface area contributed by atoms with Gasteiger partial charge in [-0.2, -0.15) is 0 Å². The van der Waals surface area contributed by atoms with E-state index in [1.165, 1.54) is 0 Å². The lowest BCUT2D eigenvalue weighted by molar-refractivity contribution is 0.0308. The second-order valence-corrected chi connectivity index (χ2v) is 11.6. The van der Waals surface area contributed by atoms with Crippen LogP contribution in [0.4, 0.5) is 0 Å². The molecule has 0 unspecified atom stereocenters. The van der Waals surface area contributed by atoms with Crippen molar-refractivity contribution in [2.75, 3.05) is 65.8 Å². The molecule has 0 N–H and O–H groups in total. The minimum absolute atomic E-state index is 0.293. The van der Waals surface area contributed by atoms with Crippen LogP contribution in [0.1, 0.15) is 0 Å². The molecule has 0 aliphatic carbocycles. The van der Waals surface area contributed by atoms with Gasteiger partial charge in [-0.05, 0) is 26.7 Å². The molecule has 0 rings (SSSR count). The average molecular weight is 286 g/mol. The molecule has 0 saturated carbocycles. The van der Waals surface area contributed by atoms with Gasteiger partial charge < -0.3 is 23.3 Å². The molecule has 7 heteroatoms. The van der Waals surface area contributed by atoms with Crippen molar-refractivity contribution in [2.45, 2.75) is 0 Å². The Morgan fingerprint density at radius 3 is 1.24 bits per heavy atom. The maximum Gasteiger partial charge on any atom is 0.106 e. The first-order valence-corrected chi connectivity index (χ1v) is 11.1. The van der Waals surface area contributed by atoms with Gasteiger partial charge in [0.25, 0.3) is 0 Å². The van der Waals surface area contributed by atoms with Crippen LogP contribution in [0.2, 0.25) is 0 Å². The highest BCUT2D eigenvalue weighted by atomic mass is 31.2. The highest BCUT2D eigenvalue weighted by Crippen LogP contribution is 2.35. The van der Waals surface area contributed by atoms with Crippen molar-refractivity contribution < 1.29 is 23.3 Å². The summed E-state index contributed by atoms with van der Waals surface area (Å²) >= 11 is 0. The number of rotatable bonds is 10. The molecule has 0 fully saturated rings. The maximum atomic E-state index is 11.3. The first-order valence-electron chi connectivity index (χ1n) is 5.52. The normalized spacial score (nSPS) is 12.9. The van der Waals surface area contributed by atoms with E-state index in [2.05, 4.69) is 0 Å². The molecule has 0 aliphatic rings. The molecule has 0 aliphatic heterocycles. The minimum Gasteiger partial charge on any atom is -0.377 e. The molecule has 0 aromatic carbocycles. The third kappa shape index (κ3) is 16.3. The van der Waals surface area contributed by atoms with Gasteiger partial charge in [0, 0.05) is 0 Å². The highest BCUT2D eigenvalue weighted by Gasteiger charge is 2.07. The minimum atomic E-state index is -2.08. The summed E-state index contributed by atoms with van der Waals surface area (Å²) in [6, 6.07) is 0. The maximum absolute atomic E-state index is 11.3. The topological polar surface area (TPSA) is 61.8 Å². The average Bonchev–Trinajstić information content (AvgIpc) is 2.11. The van der Waals surface area contributed by atoms with Crippen LogP contribution in [0.15, 0.2) is 0 Å². The van der Waals surface area contributed by atoms with Crippen LogP contribution >= 0.6 is 14.3 Å². The molecule has 0 aromatic heterocycles. The van der Waals surface area contributed by atoms with Gasteiger partial charge in [-0.25, -0.2) is 0 Å². The first kappa shape index (κ1) is 17.3. The van der Waals surface area contributed by atoms with Crippen LogP contribution in [0, 0.1) is 0 Å². The Kier molecular flexibility index (Phi) is 8.61. The van der Waals surface area contributed by atoms with E-state index in [1.54, 1.807) is 26.7 Å². The fourth-order valence-corrected chi connectivity index (χ4v) is 2.04. The largest absolute Gasteiger partial charge is 0.377 e. The lowest BCUT2D eigenvalue weighted by Gasteiger charge is -2.09. The van der Waals surface area contributed by atoms with Crippen molar-refractivity contribution >= 4 is 14.3 Å². The molecule has 0 atom stereocenters. The van der Waals surface area contributed by atoms with Crippen LogP contribution in [-0.2, 0) is 23.3 Å². The lowest BCUT2D eigenvalue weighted by atomic mass is 10.7. The van der Waals surface area contributed by atoms with Crippen molar-refractivity contribution in [3.8, 4) is 0 Å². The third-order valence-corrected chi connectivity index (χ3v) is 3.16. The Morgan fingerprint density at radius 2 is 0.941 bits per heavy atom. The van der Waals surface area contributed by atoms with Crippen molar-refractivity contribution in [3.63, 3.8) is 0 Å². The van der Waals surface area contributed by atoms with Gasteiger partial charge in [0.05, 0.1) is 39.1 Å². The van der Waals surface area contributed by atoms with Crippen LogP contribution < -0.4 is 0 Å². The van der Waals surface area contributed by atoms with Crippen LogP contribution in [0.5, 0.6) is 0 Å². The van der Waals surface area contributed by atoms with E-state index < -0.39 is 14.3 Å². The summed E-state index contributed by atoms with van der Waals surface area (Å²) in [5.74, 6) is 0. The van der Waals surface area contributed by atoms with Gasteiger partial charge in [0.15, 0.2) is 0 Å². The number of hydrogen-bond acceptors (Lipinski definition) is 5. The summed E-state index contributed by atoms with van der Waals surface area (Å²) in [5.41, 5.74) is 0. The Morgan fingerprint density at radius 1 is 0.647 bits per heavy atom. The van der Waals surface area contributed by atoms with Gasteiger partial charge in [0.1, 0.15) is 14.3 Å². The SMILES string of the molecule is CP(C)(=O)COCCOCCOCP(C)(C)=O. The number of hydrogen-bond donors (Lipinski definition) is 0. The molecule has 0 saturated heterocycles. The molecule has 0 radical (unpaired) electrons. The Balaban J connectivity index is 3.20. The summed E-state index contributed by atoms with van der Waals surface area (Å²) in [4.78, 5) is 0. The van der Waals surface area contributed by atoms with Crippen molar-refractivity contribution in [2.24, 2.45) is 0 Å². The summed E-state index contributed by atoms with van der Waals surface area (Å²) in [5, 5.41) is 0. The van der Waals surface area contributed by atoms with E-state index in [9.17, 15) is 9.13 Å². The zero-order chi connectivity index (χ0) is 13.4. The van der Waals surface area contributed by atoms with Crippen molar-refractivity contribution in [3.05, 3.63) is 0 Å². The van der Waals surface area contributed by atoms with Gasteiger partial charge in [-0.3, -0.25) is 0 Å². The van der Waals surface area contributed by atoms with E-state index in [0.29, 0.717) is 39.1 Å². The molecule has 104 valence electrons. The molecule has 0 amide bonds. The standard InChI is InChI=1S/C10H24O5P2/c1-16(2,11)9-14-7-5-13-6-8-15-10-17(3,4)12/h5-10H2,1-4H3. The quantitative estimate of drug-likeness (QED) is 0.455. The zero-order valence-corrected chi connectivity index (χ0v) is 13.0. The summed E-state index contributed by atoms with van der Waals surface area (Å²) in [6.45, 7) is 8.55. The van der Waals surface area contributed by atoms with E-state index in [4.69, 9.17) is 14.2 Å².